The van der Waals surface area contributed by atoms with Crippen LogP contribution in [-0.4, -0.2) is 16.3 Å². The lowest BCUT2D eigenvalue weighted by atomic mass is 10.1. The van der Waals surface area contributed by atoms with Crippen LogP contribution in [0.1, 0.15) is 18.2 Å². The van der Waals surface area contributed by atoms with E-state index < -0.39 is 0 Å². The number of benzene rings is 1. The van der Waals surface area contributed by atoms with E-state index in [0.717, 1.165) is 42.1 Å². The molecule has 2 rings (SSSR count). The fourth-order valence-corrected chi connectivity index (χ4v) is 2.61. The summed E-state index contributed by atoms with van der Waals surface area (Å²) in [5.74, 6) is 0.854. The Kier molecular flexibility index (Phi) is 4.78. The first kappa shape index (κ1) is 15.0. The molecule has 0 bridgehead atoms. The predicted molar refractivity (Wildman–Crippen MR) is 85.7 cm³/mol. The number of halogens is 2. The van der Waals surface area contributed by atoms with E-state index in [1.54, 1.807) is 10.7 Å². The van der Waals surface area contributed by atoms with Crippen molar-refractivity contribution < 1.29 is 0 Å². The van der Waals surface area contributed by atoms with Crippen molar-refractivity contribution in [3.63, 3.8) is 0 Å². The van der Waals surface area contributed by atoms with E-state index in [2.05, 4.69) is 10.4 Å². The molecular formula is C14H18Cl2N4. The van der Waals surface area contributed by atoms with Crippen LogP contribution >= 0.6 is 23.2 Å². The number of anilines is 2. The molecule has 108 valence electrons. The van der Waals surface area contributed by atoms with Crippen LogP contribution in [0.3, 0.4) is 0 Å². The number of rotatable bonds is 5. The fourth-order valence-electron chi connectivity index (χ4n) is 2.11. The highest BCUT2D eigenvalue weighted by Crippen LogP contribution is 2.24. The topological polar surface area (TPSA) is 55.9 Å². The van der Waals surface area contributed by atoms with E-state index in [1.165, 1.54) is 0 Å². The zero-order valence-electron chi connectivity index (χ0n) is 11.6. The smallest absolute Gasteiger partial charge is 0.147 e. The molecule has 1 aromatic carbocycles. The zero-order valence-corrected chi connectivity index (χ0v) is 13.1. The molecule has 0 aliphatic carbocycles. The quantitative estimate of drug-likeness (QED) is 0.888. The molecule has 2 aromatic rings. The van der Waals surface area contributed by atoms with Crippen molar-refractivity contribution in [1.29, 1.82) is 0 Å². The van der Waals surface area contributed by atoms with Gasteiger partial charge < -0.3 is 11.1 Å². The second-order valence-corrected chi connectivity index (χ2v) is 5.44. The van der Waals surface area contributed by atoms with Crippen molar-refractivity contribution in [1.82, 2.24) is 9.78 Å². The Balaban J connectivity index is 2.01. The summed E-state index contributed by atoms with van der Waals surface area (Å²) in [6.45, 7) is 2.77. The van der Waals surface area contributed by atoms with Gasteiger partial charge in [-0.25, -0.2) is 0 Å². The number of hydrogen-bond acceptors (Lipinski definition) is 3. The molecule has 0 fully saturated rings. The van der Waals surface area contributed by atoms with Gasteiger partial charge in [0.25, 0.3) is 0 Å². The van der Waals surface area contributed by atoms with E-state index in [-0.39, 0.29) is 0 Å². The molecule has 1 aromatic heterocycles. The van der Waals surface area contributed by atoms with Gasteiger partial charge in [-0.05, 0) is 30.5 Å². The summed E-state index contributed by atoms with van der Waals surface area (Å²) in [5, 5.41) is 9.01. The van der Waals surface area contributed by atoms with E-state index in [1.807, 2.05) is 26.1 Å². The molecule has 0 aliphatic heterocycles. The molecule has 0 saturated heterocycles. The standard InChI is InChI=1S/C14H18Cl2N4/c1-3-12-13(17)14(20(2)19-12)18-7-6-9-4-5-10(15)8-11(9)16/h4-5,8,18H,3,6-7,17H2,1-2H3. The van der Waals surface area contributed by atoms with Gasteiger partial charge in [-0.1, -0.05) is 36.2 Å². The Hall–Kier alpha value is -1.39. The summed E-state index contributed by atoms with van der Waals surface area (Å²) in [6, 6.07) is 5.54. The zero-order chi connectivity index (χ0) is 14.7. The highest BCUT2D eigenvalue weighted by molar-refractivity contribution is 6.35. The second kappa shape index (κ2) is 6.37. The van der Waals surface area contributed by atoms with E-state index in [4.69, 9.17) is 28.9 Å². The van der Waals surface area contributed by atoms with Gasteiger partial charge in [0.15, 0.2) is 0 Å². The lowest BCUT2D eigenvalue weighted by molar-refractivity contribution is 0.747. The molecule has 0 radical (unpaired) electrons. The van der Waals surface area contributed by atoms with E-state index in [0.29, 0.717) is 10.0 Å². The maximum atomic E-state index is 6.15. The third-order valence-electron chi connectivity index (χ3n) is 3.20. The van der Waals surface area contributed by atoms with Crippen LogP contribution in [0, 0.1) is 0 Å². The van der Waals surface area contributed by atoms with Crippen LogP contribution < -0.4 is 11.1 Å². The van der Waals surface area contributed by atoms with Gasteiger partial charge in [0.2, 0.25) is 0 Å². The van der Waals surface area contributed by atoms with Gasteiger partial charge in [0.05, 0.1) is 11.4 Å². The highest BCUT2D eigenvalue weighted by atomic mass is 35.5. The van der Waals surface area contributed by atoms with Crippen LogP contribution in [0.15, 0.2) is 18.2 Å². The molecule has 0 saturated carbocycles. The van der Waals surface area contributed by atoms with Crippen LogP contribution in [0.5, 0.6) is 0 Å². The summed E-state index contributed by atoms with van der Waals surface area (Å²) >= 11 is 12.0. The van der Waals surface area contributed by atoms with Gasteiger partial charge in [0.1, 0.15) is 5.82 Å². The van der Waals surface area contributed by atoms with Gasteiger partial charge in [-0.3, -0.25) is 4.68 Å². The van der Waals surface area contributed by atoms with Crippen LogP contribution in [0.4, 0.5) is 11.5 Å². The second-order valence-electron chi connectivity index (χ2n) is 4.60. The Morgan fingerprint density at radius 3 is 2.70 bits per heavy atom. The van der Waals surface area contributed by atoms with Crippen molar-refractivity contribution in [2.45, 2.75) is 19.8 Å². The van der Waals surface area contributed by atoms with Gasteiger partial charge in [0, 0.05) is 23.6 Å². The number of nitrogens with zero attached hydrogens (tertiary/aromatic N) is 2. The highest BCUT2D eigenvalue weighted by Gasteiger charge is 2.11. The van der Waals surface area contributed by atoms with Gasteiger partial charge in [-0.15, -0.1) is 0 Å². The van der Waals surface area contributed by atoms with Crippen molar-refractivity contribution in [2.24, 2.45) is 7.05 Å². The SMILES string of the molecule is CCc1nn(C)c(NCCc2ccc(Cl)cc2Cl)c1N. The van der Waals surface area contributed by atoms with Crippen LogP contribution in [0.2, 0.25) is 10.0 Å². The number of hydrogen-bond donors (Lipinski definition) is 2. The summed E-state index contributed by atoms with van der Waals surface area (Å²) in [4.78, 5) is 0. The van der Waals surface area contributed by atoms with Crippen molar-refractivity contribution >= 4 is 34.7 Å². The predicted octanol–water partition coefficient (Wildman–Crippen LogP) is 3.53. The van der Waals surface area contributed by atoms with Gasteiger partial charge >= 0.3 is 0 Å². The summed E-state index contributed by atoms with van der Waals surface area (Å²) in [5.41, 5.74) is 8.75. The minimum atomic E-state index is 0.648. The van der Waals surface area contributed by atoms with E-state index >= 15 is 0 Å². The molecular weight excluding hydrogens is 295 g/mol. The Bertz CT molecular complexity index is 607. The molecule has 0 spiro atoms. The number of aryl methyl sites for hydroxylation is 2. The molecule has 20 heavy (non-hydrogen) atoms. The average Bonchev–Trinajstić information content (AvgIpc) is 2.68. The Morgan fingerprint density at radius 1 is 1.35 bits per heavy atom. The minimum Gasteiger partial charge on any atom is -0.394 e. The maximum Gasteiger partial charge on any atom is 0.147 e. The summed E-state index contributed by atoms with van der Waals surface area (Å²) in [7, 11) is 1.88. The Labute approximate surface area is 128 Å². The third kappa shape index (κ3) is 3.19. The third-order valence-corrected chi connectivity index (χ3v) is 3.78. The normalized spacial score (nSPS) is 10.8. The number of nitrogen functional groups attached to an aromatic ring is 1. The number of aromatic nitrogens is 2. The maximum absolute atomic E-state index is 6.15. The molecule has 4 nitrogen and oxygen atoms in total. The first-order valence-corrected chi connectivity index (χ1v) is 7.27. The fraction of sp³-hybridized carbons (Fsp3) is 0.357. The molecule has 0 atom stereocenters. The van der Waals surface area contributed by atoms with Gasteiger partial charge in [-0.2, -0.15) is 5.10 Å². The minimum absolute atomic E-state index is 0.648. The largest absolute Gasteiger partial charge is 0.394 e. The van der Waals surface area contributed by atoms with Crippen molar-refractivity contribution in [3.05, 3.63) is 39.5 Å². The molecule has 6 heteroatoms. The first-order chi connectivity index (χ1) is 9.52. The monoisotopic (exact) mass is 312 g/mol. The lowest BCUT2D eigenvalue weighted by Crippen LogP contribution is -2.10. The average molecular weight is 313 g/mol. The van der Waals surface area contributed by atoms with Crippen molar-refractivity contribution in [3.8, 4) is 0 Å². The summed E-state index contributed by atoms with van der Waals surface area (Å²) < 4.78 is 1.78. The molecule has 3 N–H and O–H groups in total. The Morgan fingerprint density at radius 2 is 2.10 bits per heavy atom. The molecule has 0 amide bonds. The van der Waals surface area contributed by atoms with Crippen LogP contribution in [0.25, 0.3) is 0 Å². The molecule has 0 aliphatic rings. The first-order valence-electron chi connectivity index (χ1n) is 6.52. The molecule has 0 unspecified atom stereocenters. The summed E-state index contributed by atoms with van der Waals surface area (Å²) in [6.07, 6.45) is 1.62. The van der Waals surface area contributed by atoms with E-state index in [9.17, 15) is 0 Å². The lowest BCUT2D eigenvalue weighted by Gasteiger charge is -2.09. The molecule has 1 heterocycles. The number of nitrogens with one attached hydrogen (secondary N) is 1. The van der Waals surface area contributed by atoms with Crippen LogP contribution in [-0.2, 0) is 19.9 Å². The number of nitrogens with two attached hydrogens (primary N) is 1. The van der Waals surface area contributed by atoms with Crippen molar-refractivity contribution in [2.75, 3.05) is 17.6 Å².